The van der Waals surface area contributed by atoms with Gasteiger partial charge in [-0.05, 0) is 19.8 Å². The lowest BCUT2D eigenvalue weighted by atomic mass is 9.98. The summed E-state index contributed by atoms with van der Waals surface area (Å²) in [5, 5.41) is 13.4. The van der Waals surface area contributed by atoms with Crippen LogP contribution in [-0.4, -0.2) is 34.5 Å². The molecule has 1 saturated heterocycles. The Bertz CT molecular complexity index is 350. The topological polar surface area (TPSA) is 59.6 Å². The minimum Gasteiger partial charge on any atom is -0.376 e. The first-order chi connectivity index (χ1) is 9.77. The maximum absolute atomic E-state index is 10.1. The van der Waals surface area contributed by atoms with E-state index >= 15 is 0 Å². The second kappa shape index (κ2) is 6.33. The fourth-order valence-corrected chi connectivity index (χ4v) is 3.91. The Morgan fingerprint density at radius 1 is 1.10 bits per heavy atom. The second-order valence-corrected chi connectivity index (χ2v) is 6.38. The molecule has 4 N–H and O–H groups in total. The molecule has 2 fully saturated rings. The van der Waals surface area contributed by atoms with Gasteiger partial charge in [0.2, 0.25) is 0 Å². The highest BCUT2D eigenvalue weighted by Crippen LogP contribution is 2.30. The molecule has 0 aromatic heterocycles. The van der Waals surface area contributed by atoms with E-state index in [9.17, 15) is 5.11 Å². The van der Waals surface area contributed by atoms with Gasteiger partial charge in [-0.2, -0.15) is 0 Å². The first kappa shape index (κ1) is 14.2. The summed E-state index contributed by atoms with van der Waals surface area (Å²) in [7, 11) is 0. The predicted molar refractivity (Wildman–Crippen MR) is 79.3 cm³/mol. The highest BCUT2D eigenvalue weighted by atomic mass is 16.3. The van der Waals surface area contributed by atoms with Gasteiger partial charge in [-0.15, -0.1) is 0 Å². The van der Waals surface area contributed by atoms with E-state index in [4.69, 9.17) is 0 Å². The van der Waals surface area contributed by atoms with E-state index in [1.165, 1.54) is 57.1 Å². The van der Waals surface area contributed by atoms with Crippen molar-refractivity contribution in [3.05, 3.63) is 11.9 Å². The van der Waals surface area contributed by atoms with E-state index in [2.05, 4.69) is 28.0 Å². The maximum Gasteiger partial charge on any atom is 0.129 e. The normalized spacial score (nSPS) is 36.4. The molecule has 1 saturated carbocycles. The van der Waals surface area contributed by atoms with Crippen molar-refractivity contribution in [2.75, 3.05) is 0 Å². The fourth-order valence-electron chi connectivity index (χ4n) is 3.91. The van der Waals surface area contributed by atoms with Crippen molar-refractivity contribution in [3.63, 3.8) is 0 Å². The summed E-state index contributed by atoms with van der Waals surface area (Å²) in [6.45, 7) is 2.16. The van der Waals surface area contributed by atoms with Crippen LogP contribution in [0.25, 0.3) is 0 Å². The van der Waals surface area contributed by atoms with Crippen LogP contribution in [-0.2, 0) is 0 Å². The molecular weight excluding hydrogens is 252 g/mol. The third-order valence-corrected chi connectivity index (χ3v) is 4.94. The van der Waals surface area contributed by atoms with Crippen molar-refractivity contribution in [3.8, 4) is 0 Å². The highest BCUT2D eigenvalue weighted by molar-refractivity contribution is 5.20. The molecule has 5 heteroatoms. The summed E-state index contributed by atoms with van der Waals surface area (Å²) in [6, 6.07) is 0.567. The Morgan fingerprint density at radius 3 is 2.45 bits per heavy atom. The zero-order valence-electron chi connectivity index (χ0n) is 12.4. The lowest BCUT2D eigenvalue weighted by Crippen LogP contribution is -2.64. The van der Waals surface area contributed by atoms with Crippen LogP contribution in [0.2, 0.25) is 0 Å². The number of aliphatic hydroxyl groups excluding tert-OH is 1. The average molecular weight is 280 g/mol. The zero-order valence-corrected chi connectivity index (χ0v) is 12.4. The quantitative estimate of drug-likeness (QED) is 0.584. The molecule has 3 atom stereocenters. The number of fused-ring (bicyclic) bond motifs is 1. The van der Waals surface area contributed by atoms with E-state index in [1.807, 2.05) is 6.20 Å². The number of hydrogen-bond acceptors (Lipinski definition) is 5. The van der Waals surface area contributed by atoms with Crippen LogP contribution < -0.4 is 16.2 Å². The molecule has 0 bridgehead atoms. The zero-order chi connectivity index (χ0) is 13.9. The fraction of sp³-hybridized carbons (Fsp3) is 0.867. The van der Waals surface area contributed by atoms with Crippen molar-refractivity contribution in [1.82, 2.24) is 21.1 Å². The molecule has 20 heavy (non-hydrogen) atoms. The number of nitrogens with one attached hydrogen (secondary N) is 3. The van der Waals surface area contributed by atoms with Gasteiger partial charge in [-0.1, -0.05) is 38.5 Å². The van der Waals surface area contributed by atoms with E-state index < -0.39 is 6.23 Å². The minimum absolute atomic E-state index is 0.0289. The third kappa shape index (κ3) is 2.80. The number of nitrogens with zero attached hydrogens (tertiary/aromatic N) is 1. The standard InChI is InChI=1S/C15H28N4O/c1-11-17-15(20)14-13(10-16-18-14)19(11)12-8-6-4-2-3-5-7-9-12/h10-12,14-18,20H,2-9H2,1H3. The number of hydrazine groups is 1. The maximum atomic E-state index is 10.1. The average Bonchev–Trinajstić information content (AvgIpc) is 2.92. The van der Waals surface area contributed by atoms with Crippen molar-refractivity contribution >= 4 is 0 Å². The molecule has 1 aliphatic carbocycles. The summed E-state index contributed by atoms with van der Waals surface area (Å²) in [5.41, 5.74) is 7.43. The van der Waals surface area contributed by atoms with Crippen LogP contribution in [0.5, 0.6) is 0 Å². The second-order valence-electron chi connectivity index (χ2n) is 6.38. The minimum atomic E-state index is -0.515. The van der Waals surface area contributed by atoms with Gasteiger partial charge in [0.1, 0.15) is 12.3 Å². The van der Waals surface area contributed by atoms with Crippen LogP contribution in [0, 0.1) is 0 Å². The molecule has 0 spiro atoms. The molecule has 0 radical (unpaired) electrons. The molecule has 0 aromatic carbocycles. The van der Waals surface area contributed by atoms with Gasteiger partial charge >= 0.3 is 0 Å². The van der Waals surface area contributed by atoms with Crippen molar-refractivity contribution in [2.45, 2.75) is 82.8 Å². The molecule has 0 amide bonds. The first-order valence-corrected chi connectivity index (χ1v) is 8.21. The Morgan fingerprint density at radius 2 is 1.75 bits per heavy atom. The van der Waals surface area contributed by atoms with Crippen LogP contribution in [0.15, 0.2) is 11.9 Å². The third-order valence-electron chi connectivity index (χ3n) is 4.94. The smallest absolute Gasteiger partial charge is 0.129 e. The Hall–Kier alpha value is -0.780. The predicted octanol–water partition coefficient (Wildman–Crippen LogP) is 1.38. The largest absolute Gasteiger partial charge is 0.376 e. The number of aliphatic hydroxyl groups is 1. The summed E-state index contributed by atoms with van der Waals surface area (Å²) in [6.07, 6.45) is 12.4. The summed E-state index contributed by atoms with van der Waals surface area (Å²) in [4.78, 5) is 2.50. The number of hydrogen-bond donors (Lipinski definition) is 4. The lowest BCUT2D eigenvalue weighted by molar-refractivity contribution is 0.00169. The van der Waals surface area contributed by atoms with E-state index in [1.54, 1.807) is 0 Å². The lowest BCUT2D eigenvalue weighted by Gasteiger charge is -2.47. The highest BCUT2D eigenvalue weighted by Gasteiger charge is 2.40. The van der Waals surface area contributed by atoms with E-state index in [-0.39, 0.29) is 12.2 Å². The van der Waals surface area contributed by atoms with Crippen molar-refractivity contribution < 1.29 is 5.11 Å². The summed E-state index contributed by atoms with van der Waals surface area (Å²) in [5.74, 6) is 0. The van der Waals surface area contributed by atoms with Crippen LogP contribution in [0.1, 0.15) is 58.3 Å². The van der Waals surface area contributed by atoms with Gasteiger partial charge < -0.3 is 15.4 Å². The molecule has 2 heterocycles. The molecule has 0 aromatic rings. The van der Waals surface area contributed by atoms with Gasteiger partial charge in [0.05, 0.1) is 11.9 Å². The summed E-state index contributed by atoms with van der Waals surface area (Å²) < 4.78 is 0. The van der Waals surface area contributed by atoms with Crippen LogP contribution in [0.4, 0.5) is 0 Å². The molecule has 3 aliphatic rings. The van der Waals surface area contributed by atoms with Crippen molar-refractivity contribution in [2.24, 2.45) is 0 Å². The Kier molecular flexibility index (Phi) is 4.48. The SMILES string of the molecule is CC1NC(O)C2NNC=C2N1C1CCCCCCCC1. The van der Waals surface area contributed by atoms with Gasteiger partial charge in [-0.3, -0.25) is 5.32 Å². The van der Waals surface area contributed by atoms with Gasteiger partial charge in [0, 0.05) is 12.2 Å². The Balaban J connectivity index is 1.75. The van der Waals surface area contributed by atoms with Gasteiger partial charge in [-0.25, -0.2) is 5.43 Å². The Labute approximate surface area is 121 Å². The monoisotopic (exact) mass is 280 g/mol. The molecule has 3 rings (SSSR count). The number of rotatable bonds is 1. The van der Waals surface area contributed by atoms with Gasteiger partial charge in [0.15, 0.2) is 0 Å². The first-order valence-electron chi connectivity index (χ1n) is 8.21. The van der Waals surface area contributed by atoms with Crippen molar-refractivity contribution in [1.29, 1.82) is 0 Å². The molecular formula is C15H28N4O. The molecule has 3 unspecified atom stereocenters. The van der Waals surface area contributed by atoms with Crippen LogP contribution in [0.3, 0.4) is 0 Å². The van der Waals surface area contributed by atoms with Crippen LogP contribution >= 0.6 is 0 Å². The van der Waals surface area contributed by atoms with Gasteiger partial charge in [0.25, 0.3) is 0 Å². The van der Waals surface area contributed by atoms with E-state index in [0.717, 1.165) is 0 Å². The molecule has 2 aliphatic heterocycles. The summed E-state index contributed by atoms with van der Waals surface area (Å²) >= 11 is 0. The van der Waals surface area contributed by atoms with E-state index in [0.29, 0.717) is 6.04 Å². The molecule has 114 valence electrons. The molecule has 5 nitrogen and oxygen atoms in total.